The predicted molar refractivity (Wildman–Crippen MR) is 134 cm³/mol. The van der Waals surface area contributed by atoms with Gasteiger partial charge in [0.1, 0.15) is 15.6 Å². The van der Waals surface area contributed by atoms with Gasteiger partial charge in [-0.15, -0.1) is 11.3 Å². The average molecular weight is 584 g/mol. The van der Waals surface area contributed by atoms with Crippen molar-refractivity contribution in [3.05, 3.63) is 64.1 Å². The highest BCUT2D eigenvalue weighted by Gasteiger charge is 2.38. The van der Waals surface area contributed by atoms with Crippen molar-refractivity contribution < 1.29 is 26.3 Å². The van der Waals surface area contributed by atoms with E-state index in [4.69, 9.17) is 27.9 Å². The summed E-state index contributed by atoms with van der Waals surface area (Å²) in [6.07, 6.45) is -4.14. The van der Waals surface area contributed by atoms with E-state index in [9.17, 15) is 21.6 Å². The molecule has 0 radical (unpaired) electrons. The number of sulfonamides is 1. The van der Waals surface area contributed by atoms with Crippen LogP contribution in [-0.2, 0) is 16.2 Å². The largest absolute Gasteiger partial charge is 0.485 e. The van der Waals surface area contributed by atoms with Crippen LogP contribution in [0.4, 0.5) is 18.9 Å². The number of thiophene rings is 1. The van der Waals surface area contributed by atoms with E-state index in [1.165, 1.54) is 17.8 Å². The van der Waals surface area contributed by atoms with E-state index in [-0.39, 0.29) is 9.90 Å². The van der Waals surface area contributed by atoms with Gasteiger partial charge in [0, 0.05) is 23.9 Å². The van der Waals surface area contributed by atoms with Gasteiger partial charge < -0.3 is 10.1 Å². The van der Waals surface area contributed by atoms with Crippen LogP contribution in [0.1, 0.15) is 18.9 Å². The highest BCUT2D eigenvalue weighted by molar-refractivity contribution is 8.02. The Morgan fingerprint density at radius 1 is 1.17 bits per heavy atom. The zero-order chi connectivity index (χ0) is 25.4. The van der Waals surface area contributed by atoms with Gasteiger partial charge in [0.2, 0.25) is 0 Å². The van der Waals surface area contributed by atoms with Crippen LogP contribution in [0.5, 0.6) is 5.75 Å². The number of ether oxygens (including phenoxy) is 1. The van der Waals surface area contributed by atoms with Crippen molar-refractivity contribution in [1.29, 1.82) is 0 Å². The van der Waals surface area contributed by atoms with Crippen molar-refractivity contribution in [2.75, 3.05) is 17.8 Å². The zero-order valence-corrected chi connectivity index (χ0v) is 22.0. The Morgan fingerprint density at radius 3 is 2.63 bits per heavy atom. The van der Waals surface area contributed by atoms with Gasteiger partial charge in [-0.1, -0.05) is 41.0 Å². The number of nitrogens with one attached hydrogen (secondary N) is 2. The predicted octanol–water partition coefficient (Wildman–Crippen LogP) is 7.16. The quantitative estimate of drug-likeness (QED) is 0.309. The van der Waals surface area contributed by atoms with Crippen molar-refractivity contribution >= 4 is 62.0 Å². The standard InChI is InChI=1S/C22H19Cl2F3N2O3S3/c1-21(9-10-28-12-21)32-16-11-13(5-6-14(16)22(25,26)27)29-35(30,31)19-8-7-18(34-19)33-17-4-2-3-15(23)20(17)24/h2-8,11,28-29H,9-10,12H2,1H3/t21-/m1/s1. The van der Waals surface area contributed by atoms with Crippen LogP contribution in [0, 0.1) is 0 Å². The van der Waals surface area contributed by atoms with Crippen LogP contribution in [0.25, 0.3) is 0 Å². The summed E-state index contributed by atoms with van der Waals surface area (Å²) in [6, 6.07) is 11.1. The third-order valence-electron chi connectivity index (χ3n) is 5.17. The Bertz CT molecular complexity index is 1340. The molecule has 3 aromatic rings. The van der Waals surface area contributed by atoms with E-state index in [2.05, 4.69) is 10.0 Å². The van der Waals surface area contributed by atoms with E-state index in [1.807, 2.05) is 0 Å². The molecule has 0 amide bonds. The van der Waals surface area contributed by atoms with Crippen molar-refractivity contribution in [3.63, 3.8) is 0 Å². The summed E-state index contributed by atoms with van der Waals surface area (Å²) < 4.78 is 75.3. The first kappa shape index (κ1) is 26.4. The molecule has 0 aliphatic carbocycles. The van der Waals surface area contributed by atoms with Gasteiger partial charge in [-0.05, 0) is 49.9 Å². The molecule has 0 spiro atoms. The molecule has 35 heavy (non-hydrogen) atoms. The van der Waals surface area contributed by atoms with Crippen LogP contribution in [-0.4, -0.2) is 27.1 Å². The monoisotopic (exact) mass is 582 g/mol. The first-order chi connectivity index (χ1) is 16.4. The Kier molecular flexibility index (Phi) is 7.57. The first-order valence-electron chi connectivity index (χ1n) is 10.2. The molecule has 13 heteroatoms. The summed E-state index contributed by atoms with van der Waals surface area (Å²) in [5, 5.41) is 3.80. The lowest BCUT2D eigenvalue weighted by Crippen LogP contribution is -2.35. The number of halogens is 5. The maximum absolute atomic E-state index is 13.6. The fraction of sp³-hybridized carbons (Fsp3) is 0.273. The van der Waals surface area contributed by atoms with Gasteiger partial charge in [0.15, 0.2) is 0 Å². The molecule has 0 saturated carbocycles. The van der Waals surface area contributed by atoms with Crippen molar-refractivity contribution in [2.45, 2.75) is 38.4 Å². The molecule has 5 nitrogen and oxygen atoms in total. The second kappa shape index (κ2) is 10.0. The molecule has 0 bridgehead atoms. The molecule has 2 N–H and O–H groups in total. The molecule has 1 fully saturated rings. The van der Waals surface area contributed by atoms with Crippen LogP contribution < -0.4 is 14.8 Å². The molecule has 0 unspecified atom stereocenters. The Labute approximate surface area is 219 Å². The second-order valence-electron chi connectivity index (χ2n) is 8.02. The summed E-state index contributed by atoms with van der Waals surface area (Å²) in [4.78, 5) is 0.664. The summed E-state index contributed by atoms with van der Waals surface area (Å²) in [5.74, 6) is -0.429. The maximum Gasteiger partial charge on any atom is 0.419 e. The van der Waals surface area contributed by atoms with Gasteiger partial charge in [-0.25, -0.2) is 8.42 Å². The normalized spacial score (nSPS) is 18.6. The van der Waals surface area contributed by atoms with Crippen LogP contribution >= 0.6 is 46.3 Å². The summed E-state index contributed by atoms with van der Waals surface area (Å²) in [6.45, 7) is 2.71. The topological polar surface area (TPSA) is 67.4 Å². The number of rotatable bonds is 7. The summed E-state index contributed by atoms with van der Waals surface area (Å²) in [5.41, 5.74) is -1.84. The van der Waals surface area contributed by atoms with Crippen LogP contribution in [0.2, 0.25) is 10.0 Å². The van der Waals surface area contributed by atoms with Crippen molar-refractivity contribution in [2.24, 2.45) is 0 Å². The molecule has 1 aromatic heterocycles. The number of hydrogen-bond acceptors (Lipinski definition) is 6. The molecular weight excluding hydrogens is 564 g/mol. The minimum Gasteiger partial charge on any atom is -0.485 e. The first-order valence-corrected chi connectivity index (χ1v) is 14.1. The van der Waals surface area contributed by atoms with Gasteiger partial charge in [-0.3, -0.25) is 4.72 Å². The third-order valence-corrected chi connectivity index (χ3v) is 10.3. The molecule has 2 aromatic carbocycles. The highest BCUT2D eigenvalue weighted by Crippen LogP contribution is 2.42. The van der Waals surface area contributed by atoms with Crippen LogP contribution in [0.15, 0.2) is 61.8 Å². The molecule has 1 saturated heterocycles. The molecule has 1 atom stereocenters. The minimum atomic E-state index is -4.66. The van der Waals surface area contributed by atoms with E-state index in [0.717, 1.165) is 29.5 Å². The number of benzene rings is 2. The van der Waals surface area contributed by atoms with Crippen LogP contribution in [0.3, 0.4) is 0 Å². The van der Waals surface area contributed by atoms with Crippen molar-refractivity contribution in [3.8, 4) is 5.75 Å². The van der Waals surface area contributed by atoms with Gasteiger partial charge in [0.25, 0.3) is 10.0 Å². The highest BCUT2D eigenvalue weighted by atomic mass is 35.5. The molecule has 1 aliphatic rings. The molecular formula is C22H19Cl2F3N2O3S3. The van der Waals surface area contributed by atoms with Gasteiger partial charge >= 0.3 is 6.18 Å². The van der Waals surface area contributed by atoms with E-state index >= 15 is 0 Å². The van der Waals surface area contributed by atoms with E-state index in [0.29, 0.717) is 38.7 Å². The smallest absolute Gasteiger partial charge is 0.419 e. The van der Waals surface area contributed by atoms with Crippen molar-refractivity contribution in [1.82, 2.24) is 5.32 Å². The molecule has 188 valence electrons. The lowest BCUT2D eigenvalue weighted by atomic mass is 10.1. The summed E-state index contributed by atoms with van der Waals surface area (Å²) in [7, 11) is -4.06. The molecule has 2 heterocycles. The number of alkyl halides is 3. The van der Waals surface area contributed by atoms with Gasteiger partial charge in [0.05, 0.1) is 25.5 Å². The molecule has 4 rings (SSSR count). The van der Waals surface area contributed by atoms with E-state index < -0.39 is 33.1 Å². The number of anilines is 1. The Morgan fingerprint density at radius 2 is 1.94 bits per heavy atom. The lowest BCUT2D eigenvalue weighted by Gasteiger charge is -2.27. The maximum atomic E-state index is 13.6. The molecule has 1 aliphatic heterocycles. The SMILES string of the molecule is C[C@@]1(Oc2cc(NS(=O)(=O)c3ccc(Sc4cccc(Cl)c4Cl)s3)ccc2C(F)(F)F)CCNC1. The zero-order valence-electron chi connectivity index (χ0n) is 18.1. The van der Waals surface area contributed by atoms with E-state index in [1.54, 1.807) is 31.2 Å². The second-order valence-corrected chi connectivity index (χ2v) is 13.1. The summed E-state index contributed by atoms with van der Waals surface area (Å²) >= 11 is 14.5. The van der Waals surface area contributed by atoms with Gasteiger partial charge in [-0.2, -0.15) is 13.2 Å². The minimum absolute atomic E-state index is 0.00697. The fourth-order valence-electron chi connectivity index (χ4n) is 3.43. The Hall–Kier alpha value is -1.63. The number of hydrogen-bond donors (Lipinski definition) is 2. The average Bonchev–Trinajstić information content (AvgIpc) is 3.40. The third kappa shape index (κ3) is 6.20. The Balaban J connectivity index is 1.57. The lowest BCUT2D eigenvalue weighted by molar-refractivity contribution is -0.139. The fourth-order valence-corrected chi connectivity index (χ4v) is 7.55.